The van der Waals surface area contributed by atoms with Crippen LogP contribution in [-0.4, -0.2) is 32.4 Å². The minimum absolute atomic E-state index is 0.0174. The van der Waals surface area contributed by atoms with Crippen molar-refractivity contribution in [3.63, 3.8) is 0 Å². The molecule has 8 nitrogen and oxygen atoms in total. The summed E-state index contributed by atoms with van der Waals surface area (Å²) in [6.07, 6.45) is 5.09. The van der Waals surface area contributed by atoms with Crippen LogP contribution in [0.2, 0.25) is 5.02 Å². The predicted octanol–water partition coefficient (Wildman–Crippen LogP) is 5.21. The van der Waals surface area contributed by atoms with Crippen molar-refractivity contribution in [1.29, 1.82) is 0 Å². The molecule has 1 aliphatic rings. The van der Waals surface area contributed by atoms with E-state index in [1.54, 1.807) is 13.0 Å². The van der Waals surface area contributed by atoms with Gasteiger partial charge in [0.05, 0.1) is 27.8 Å². The monoisotopic (exact) mass is 501 g/mol. The van der Waals surface area contributed by atoms with Crippen LogP contribution in [-0.2, 0) is 0 Å². The zero-order chi connectivity index (χ0) is 24.8. The highest BCUT2D eigenvalue weighted by atomic mass is 35.5. The third kappa shape index (κ3) is 3.73. The maximum Gasteiger partial charge on any atom is 0.264 e. The molecule has 1 fully saturated rings. The molecular weight excluding hydrogens is 478 g/mol. The van der Waals surface area contributed by atoms with Gasteiger partial charge in [-0.05, 0) is 50.3 Å². The molecule has 0 saturated heterocycles. The SMILES string of the molecule is Cc1onc2c1c(=O)n([C@H]1CCC[C@@H](CNC(=O)c3cnnc4ccccc34)C1)c1cccc(Cl)c21. The van der Waals surface area contributed by atoms with E-state index in [0.29, 0.717) is 39.3 Å². The Labute approximate surface area is 211 Å². The second kappa shape index (κ2) is 9.02. The molecule has 9 heteroatoms. The number of aromatic nitrogens is 4. The molecule has 0 spiro atoms. The number of aryl methyl sites for hydroxylation is 1. The lowest BCUT2D eigenvalue weighted by molar-refractivity contribution is 0.0941. The van der Waals surface area contributed by atoms with Crippen molar-refractivity contribution in [2.24, 2.45) is 5.92 Å². The fraction of sp³-hybridized carbons (Fsp3) is 0.296. The number of nitrogens with zero attached hydrogens (tertiary/aromatic N) is 4. The molecule has 182 valence electrons. The summed E-state index contributed by atoms with van der Waals surface area (Å²) in [5, 5.41) is 17.8. The second-order valence-electron chi connectivity index (χ2n) is 9.44. The molecule has 1 amide bonds. The number of amides is 1. The molecule has 0 radical (unpaired) electrons. The van der Waals surface area contributed by atoms with Gasteiger partial charge in [-0.2, -0.15) is 10.2 Å². The number of rotatable bonds is 4. The first-order valence-electron chi connectivity index (χ1n) is 12.1. The third-order valence-electron chi connectivity index (χ3n) is 7.25. The summed E-state index contributed by atoms with van der Waals surface area (Å²) in [5.41, 5.74) is 2.36. The first-order chi connectivity index (χ1) is 17.5. The topological polar surface area (TPSA) is 103 Å². The minimum Gasteiger partial charge on any atom is -0.360 e. The van der Waals surface area contributed by atoms with E-state index < -0.39 is 0 Å². The van der Waals surface area contributed by atoms with Crippen LogP contribution in [0.3, 0.4) is 0 Å². The average molecular weight is 502 g/mol. The molecule has 0 aliphatic heterocycles. The van der Waals surface area contributed by atoms with Gasteiger partial charge >= 0.3 is 0 Å². The van der Waals surface area contributed by atoms with Gasteiger partial charge in [-0.15, -0.1) is 0 Å². The maximum absolute atomic E-state index is 13.7. The van der Waals surface area contributed by atoms with E-state index in [9.17, 15) is 9.59 Å². The Bertz CT molecular complexity index is 1690. The van der Waals surface area contributed by atoms with Crippen molar-refractivity contribution in [3.05, 3.63) is 75.4 Å². The molecule has 3 heterocycles. The van der Waals surface area contributed by atoms with Crippen molar-refractivity contribution < 1.29 is 9.32 Å². The molecule has 6 rings (SSSR count). The highest BCUT2D eigenvalue weighted by molar-refractivity contribution is 6.37. The molecule has 36 heavy (non-hydrogen) atoms. The van der Waals surface area contributed by atoms with Crippen molar-refractivity contribution in [1.82, 2.24) is 25.2 Å². The van der Waals surface area contributed by atoms with E-state index in [2.05, 4.69) is 20.7 Å². The summed E-state index contributed by atoms with van der Waals surface area (Å²) in [7, 11) is 0. The van der Waals surface area contributed by atoms with Gasteiger partial charge < -0.3 is 14.4 Å². The largest absolute Gasteiger partial charge is 0.360 e. The second-order valence-corrected chi connectivity index (χ2v) is 9.85. The number of benzene rings is 2. The number of hydrogen-bond donors (Lipinski definition) is 1. The van der Waals surface area contributed by atoms with Crippen LogP contribution >= 0.6 is 11.6 Å². The van der Waals surface area contributed by atoms with E-state index >= 15 is 0 Å². The first kappa shape index (κ1) is 22.7. The van der Waals surface area contributed by atoms with E-state index in [-0.39, 0.29) is 23.4 Å². The van der Waals surface area contributed by atoms with Crippen LogP contribution in [0.15, 0.2) is 58.0 Å². The number of hydrogen-bond acceptors (Lipinski definition) is 6. The lowest BCUT2D eigenvalue weighted by Gasteiger charge is -2.31. The lowest BCUT2D eigenvalue weighted by Crippen LogP contribution is -2.35. The van der Waals surface area contributed by atoms with Crippen LogP contribution in [0.5, 0.6) is 0 Å². The van der Waals surface area contributed by atoms with Crippen LogP contribution in [0.25, 0.3) is 32.7 Å². The standard InChI is InChI=1S/C27H24ClN5O3/c1-15-23-25(32-36-15)24-20(28)9-5-11-22(24)33(27(23)35)17-7-4-6-16(12-17)13-29-26(34)19-14-30-31-21-10-3-2-8-18(19)21/h2-3,5,8-11,14,16-17H,4,6-7,12-13H2,1H3,(H,29,34)/t16-,17+/m1/s1. The molecule has 0 bridgehead atoms. The van der Waals surface area contributed by atoms with Crippen molar-refractivity contribution >= 4 is 50.2 Å². The normalized spacial score (nSPS) is 18.2. The molecule has 3 aromatic heterocycles. The van der Waals surface area contributed by atoms with Gasteiger partial charge in [0.1, 0.15) is 16.7 Å². The Kier molecular flexibility index (Phi) is 5.68. The number of fused-ring (bicyclic) bond motifs is 4. The number of halogens is 1. The van der Waals surface area contributed by atoms with Crippen molar-refractivity contribution in [2.45, 2.75) is 38.6 Å². The lowest BCUT2D eigenvalue weighted by atomic mass is 9.85. The van der Waals surface area contributed by atoms with Crippen molar-refractivity contribution in [3.8, 4) is 0 Å². The van der Waals surface area contributed by atoms with Gasteiger partial charge in [0.2, 0.25) is 0 Å². The summed E-state index contributed by atoms with van der Waals surface area (Å²) < 4.78 is 7.24. The van der Waals surface area contributed by atoms with E-state index in [4.69, 9.17) is 16.1 Å². The number of carbonyl (C=O) groups excluding carboxylic acids is 1. The smallest absolute Gasteiger partial charge is 0.264 e. The Morgan fingerprint density at radius 3 is 2.92 bits per heavy atom. The Hall–Kier alpha value is -3.78. The molecule has 1 saturated carbocycles. The van der Waals surface area contributed by atoms with Crippen LogP contribution in [0.4, 0.5) is 0 Å². The van der Waals surface area contributed by atoms with Crippen LogP contribution in [0.1, 0.15) is 47.8 Å². The van der Waals surface area contributed by atoms with Gasteiger partial charge in [0.25, 0.3) is 11.5 Å². The quantitative estimate of drug-likeness (QED) is 0.362. The van der Waals surface area contributed by atoms with Gasteiger partial charge in [0.15, 0.2) is 0 Å². The molecular formula is C27H24ClN5O3. The molecule has 1 N–H and O–H groups in total. The number of pyridine rings is 1. The van der Waals surface area contributed by atoms with Crippen molar-refractivity contribution in [2.75, 3.05) is 6.54 Å². The van der Waals surface area contributed by atoms with E-state index in [1.807, 2.05) is 41.0 Å². The highest BCUT2D eigenvalue weighted by Crippen LogP contribution is 2.37. The van der Waals surface area contributed by atoms with E-state index in [1.165, 1.54) is 6.20 Å². The van der Waals surface area contributed by atoms with Gasteiger partial charge in [-0.1, -0.05) is 47.4 Å². The van der Waals surface area contributed by atoms with Gasteiger partial charge in [0, 0.05) is 23.4 Å². The third-order valence-corrected chi connectivity index (χ3v) is 7.56. The Morgan fingerprint density at radius 2 is 2.03 bits per heavy atom. The summed E-state index contributed by atoms with van der Waals surface area (Å²) >= 11 is 6.57. The summed E-state index contributed by atoms with van der Waals surface area (Å²) in [4.78, 5) is 26.7. The molecule has 0 unspecified atom stereocenters. The Morgan fingerprint density at radius 1 is 1.17 bits per heavy atom. The van der Waals surface area contributed by atoms with Gasteiger partial charge in [-0.25, -0.2) is 0 Å². The minimum atomic E-state index is -0.167. The summed E-state index contributed by atoms with van der Waals surface area (Å²) in [6, 6.07) is 13.0. The van der Waals surface area contributed by atoms with Crippen LogP contribution < -0.4 is 10.9 Å². The fourth-order valence-electron chi connectivity index (χ4n) is 5.54. The molecule has 1 aliphatic carbocycles. The Balaban J connectivity index is 1.29. The molecule has 2 atom stereocenters. The maximum atomic E-state index is 13.7. The average Bonchev–Trinajstić information content (AvgIpc) is 3.29. The molecule has 5 aromatic rings. The predicted molar refractivity (Wildman–Crippen MR) is 138 cm³/mol. The zero-order valence-electron chi connectivity index (χ0n) is 19.7. The zero-order valence-corrected chi connectivity index (χ0v) is 20.5. The fourth-order valence-corrected chi connectivity index (χ4v) is 5.80. The molecule has 2 aromatic carbocycles. The van der Waals surface area contributed by atoms with E-state index in [0.717, 1.165) is 42.0 Å². The summed E-state index contributed by atoms with van der Waals surface area (Å²) in [6.45, 7) is 2.27. The highest BCUT2D eigenvalue weighted by Gasteiger charge is 2.28. The van der Waals surface area contributed by atoms with Gasteiger partial charge in [-0.3, -0.25) is 9.59 Å². The summed E-state index contributed by atoms with van der Waals surface area (Å²) in [5.74, 6) is 0.552. The number of nitrogens with one attached hydrogen (secondary N) is 1. The number of carbonyl (C=O) groups is 1. The first-order valence-corrected chi connectivity index (χ1v) is 12.5. The van der Waals surface area contributed by atoms with Crippen LogP contribution in [0, 0.1) is 12.8 Å².